The smallest absolute Gasteiger partial charge is 0.297 e. The van der Waals surface area contributed by atoms with Gasteiger partial charge in [-0.2, -0.15) is 0 Å². The maximum atomic E-state index is 13.8. The Labute approximate surface area is 203 Å². The Hall–Kier alpha value is -4.12. The minimum atomic E-state index is -0.860. The lowest BCUT2D eigenvalue weighted by Gasteiger charge is -2.23. The second-order valence-electron chi connectivity index (χ2n) is 7.68. The zero-order valence-electron chi connectivity index (χ0n) is 19.6. The number of rotatable bonds is 6. The van der Waals surface area contributed by atoms with E-state index in [1.54, 1.807) is 37.3 Å². The van der Waals surface area contributed by atoms with Gasteiger partial charge in [-0.25, -0.2) is 0 Å². The molecule has 2 aromatic heterocycles. The minimum Gasteiger partial charge on any atom is -0.497 e. The molecule has 180 valence electrons. The fraction of sp³-hybridized carbons (Fsp3) is 0.250. The predicted octanol–water partition coefficient (Wildman–Crippen LogP) is 3.74. The summed E-state index contributed by atoms with van der Waals surface area (Å²) < 4.78 is 27.7. The first-order valence-electron chi connectivity index (χ1n) is 10.5. The van der Waals surface area contributed by atoms with E-state index in [1.165, 1.54) is 44.7 Å². The molecule has 35 heavy (non-hydrogen) atoms. The molecule has 0 fully saturated rings. The zero-order chi connectivity index (χ0) is 24.9. The number of methoxy groups -OCH3 is 4. The van der Waals surface area contributed by atoms with E-state index in [9.17, 15) is 9.59 Å². The van der Waals surface area contributed by atoms with Crippen LogP contribution < -0.4 is 29.3 Å². The van der Waals surface area contributed by atoms with Gasteiger partial charge in [0, 0.05) is 6.07 Å². The number of fused-ring (bicyclic) bond motifs is 2. The molecule has 0 saturated carbocycles. The second kappa shape index (κ2) is 8.58. The molecule has 1 amide bonds. The highest BCUT2D eigenvalue weighted by molar-refractivity contribution is 7.15. The van der Waals surface area contributed by atoms with Crippen LogP contribution in [0.4, 0.5) is 5.13 Å². The van der Waals surface area contributed by atoms with Crippen LogP contribution in [0.25, 0.3) is 11.0 Å². The van der Waals surface area contributed by atoms with E-state index in [2.05, 4.69) is 10.2 Å². The number of ether oxygens (including phenoxy) is 4. The van der Waals surface area contributed by atoms with E-state index in [4.69, 9.17) is 23.4 Å². The third-order valence-electron chi connectivity index (χ3n) is 5.80. The summed E-state index contributed by atoms with van der Waals surface area (Å²) in [6, 6.07) is 7.41. The second-order valence-corrected chi connectivity index (χ2v) is 8.84. The Balaban J connectivity index is 1.82. The van der Waals surface area contributed by atoms with E-state index >= 15 is 0 Å². The molecule has 2 aromatic carbocycles. The average molecular weight is 496 g/mol. The van der Waals surface area contributed by atoms with Gasteiger partial charge in [-0.3, -0.25) is 14.5 Å². The van der Waals surface area contributed by atoms with Gasteiger partial charge in [-0.1, -0.05) is 11.3 Å². The van der Waals surface area contributed by atoms with Crippen molar-refractivity contribution in [1.82, 2.24) is 10.2 Å². The van der Waals surface area contributed by atoms with E-state index in [0.717, 1.165) is 0 Å². The lowest BCUT2D eigenvalue weighted by atomic mass is 9.97. The summed E-state index contributed by atoms with van der Waals surface area (Å²) >= 11 is 1.23. The fourth-order valence-corrected chi connectivity index (χ4v) is 4.95. The van der Waals surface area contributed by atoms with Crippen molar-refractivity contribution in [3.8, 4) is 23.0 Å². The molecule has 11 heteroatoms. The molecule has 1 unspecified atom stereocenters. The lowest BCUT2D eigenvalue weighted by molar-refractivity contribution is 0.0970. The molecule has 5 rings (SSSR count). The standard InChI is InChI=1S/C24H21N3O7S/c1-11-25-26-24(35-11)27-19(12-8-16(31-3)21(33-5)17(9-12)32-4)18-20(28)14-7-6-13(30-2)10-15(14)34-22(18)23(27)29/h6-10,19H,1-5H3. The van der Waals surface area contributed by atoms with E-state index in [-0.39, 0.29) is 22.3 Å². The summed E-state index contributed by atoms with van der Waals surface area (Å²) in [5.74, 6) is 1.08. The van der Waals surface area contributed by atoms with Crippen molar-refractivity contribution in [3.63, 3.8) is 0 Å². The van der Waals surface area contributed by atoms with Crippen LogP contribution in [0.1, 0.15) is 32.7 Å². The number of carbonyl (C=O) groups is 1. The third kappa shape index (κ3) is 3.46. The normalized spacial score (nSPS) is 14.8. The van der Waals surface area contributed by atoms with Gasteiger partial charge < -0.3 is 23.4 Å². The molecule has 1 aliphatic rings. The highest BCUT2D eigenvalue weighted by atomic mass is 32.1. The first-order valence-corrected chi connectivity index (χ1v) is 11.3. The molecule has 0 aliphatic carbocycles. The molecule has 0 spiro atoms. The summed E-state index contributed by atoms with van der Waals surface area (Å²) in [5.41, 5.74) is 0.662. The van der Waals surface area contributed by atoms with Crippen molar-refractivity contribution < 1.29 is 28.2 Å². The quantitative estimate of drug-likeness (QED) is 0.395. The van der Waals surface area contributed by atoms with Gasteiger partial charge in [0.1, 0.15) is 16.3 Å². The van der Waals surface area contributed by atoms with Crippen molar-refractivity contribution in [2.75, 3.05) is 33.3 Å². The van der Waals surface area contributed by atoms with Gasteiger partial charge in [0.15, 0.2) is 16.9 Å². The van der Waals surface area contributed by atoms with Gasteiger partial charge in [0.2, 0.25) is 16.6 Å². The molecule has 1 atom stereocenters. The molecular formula is C24H21N3O7S. The van der Waals surface area contributed by atoms with Crippen LogP contribution in [0, 0.1) is 6.92 Å². The van der Waals surface area contributed by atoms with Crippen LogP contribution in [0.3, 0.4) is 0 Å². The molecule has 0 bridgehead atoms. The summed E-state index contributed by atoms with van der Waals surface area (Å²) in [6.45, 7) is 1.78. The molecule has 3 heterocycles. The molecule has 10 nitrogen and oxygen atoms in total. The van der Waals surface area contributed by atoms with Gasteiger partial charge in [-0.05, 0) is 36.8 Å². The molecule has 4 aromatic rings. The fourth-order valence-electron chi connectivity index (χ4n) is 4.23. The number of aryl methyl sites for hydroxylation is 1. The van der Waals surface area contributed by atoms with Crippen molar-refractivity contribution in [1.29, 1.82) is 0 Å². The molecule has 0 N–H and O–H groups in total. The van der Waals surface area contributed by atoms with Crippen LogP contribution in [-0.4, -0.2) is 44.5 Å². The lowest BCUT2D eigenvalue weighted by Crippen LogP contribution is -2.29. The number of anilines is 1. The molecule has 0 saturated heterocycles. The Morgan fingerprint density at radius 1 is 0.943 bits per heavy atom. The maximum Gasteiger partial charge on any atom is 0.297 e. The number of amides is 1. The highest BCUT2D eigenvalue weighted by Crippen LogP contribution is 2.46. The average Bonchev–Trinajstić information content (AvgIpc) is 3.43. The Morgan fingerprint density at radius 3 is 2.23 bits per heavy atom. The monoisotopic (exact) mass is 495 g/mol. The van der Waals surface area contributed by atoms with Crippen molar-refractivity contribution >= 4 is 33.3 Å². The van der Waals surface area contributed by atoms with E-state index in [0.29, 0.717) is 44.1 Å². The largest absolute Gasteiger partial charge is 0.497 e. The Kier molecular flexibility index (Phi) is 5.56. The topological polar surface area (TPSA) is 113 Å². The summed E-state index contributed by atoms with van der Waals surface area (Å²) in [6.07, 6.45) is 0. The van der Waals surface area contributed by atoms with Gasteiger partial charge in [0.05, 0.1) is 45.4 Å². The highest BCUT2D eigenvalue weighted by Gasteiger charge is 2.45. The first-order chi connectivity index (χ1) is 16.9. The molecule has 0 radical (unpaired) electrons. The Bertz CT molecular complexity index is 1500. The van der Waals surface area contributed by atoms with Crippen LogP contribution in [0.2, 0.25) is 0 Å². The van der Waals surface area contributed by atoms with Crippen LogP contribution in [0.5, 0.6) is 23.0 Å². The van der Waals surface area contributed by atoms with Gasteiger partial charge in [0.25, 0.3) is 5.91 Å². The van der Waals surface area contributed by atoms with Gasteiger partial charge >= 0.3 is 0 Å². The van der Waals surface area contributed by atoms with E-state index in [1.807, 2.05) is 0 Å². The SMILES string of the molecule is COc1ccc2c(=O)c3c(oc2c1)C(=O)N(c1nnc(C)s1)C3c1cc(OC)c(OC)c(OC)c1. The Morgan fingerprint density at radius 2 is 1.66 bits per heavy atom. The number of hydrogen-bond donors (Lipinski definition) is 0. The van der Waals surface area contributed by atoms with Crippen molar-refractivity contribution in [2.24, 2.45) is 0 Å². The van der Waals surface area contributed by atoms with Crippen molar-refractivity contribution in [2.45, 2.75) is 13.0 Å². The zero-order valence-corrected chi connectivity index (χ0v) is 20.4. The van der Waals surface area contributed by atoms with Crippen molar-refractivity contribution in [3.05, 3.63) is 62.4 Å². The number of aromatic nitrogens is 2. The third-order valence-corrected chi connectivity index (χ3v) is 6.64. The number of hydrogen-bond acceptors (Lipinski definition) is 10. The summed E-state index contributed by atoms with van der Waals surface area (Å²) in [7, 11) is 6.00. The molecule has 1 aliphatic heterocycles. The van der Waals surface area contributed by atoms with Crippen LogP contribution >= 0.6 is 11.3 Å². The molecular weight excluding hydrogens is 474 g/mol. The number of benzene rings is 2. The summed E-state index contributed by atoms with van der Waals surface area (Å²) in [4.78, 5) is 28.9. The number of nitrogens with zero attached hydrogens (tertiary/aromatic N) is 3. The van der Waals surface area contributed by atoms with Gasteiger partial charge in [-0.15, -0.1) is 10.2 Å². The van der Waals surface area contributed by atoms with E-state index < -0.39 is 11.9 Å². The van der Waals surface area contributed by atoms with Crippen LogP contribution in [0.15, 0.2) is 39.5 Å². The predicted molar refractivity (Wildman–Crippen MR) is 128 cm³/mol. The number of carbonyl (C=O) groups excluding carboxylic acids is 1. The van der Waals surface area contributed by atoms with Crippen LogP contribution in [-0.2, 0) is 0 Å². The maximum absolute atomic E-state index is 13.8. The summed E-state index contributed by atoms with van der Waals surface area (Å²) in [5, 5.41) is 9.56. The minimum absolute atomic E-state index is 0.0673. The first kappa shape index (κ1) is 22.7.